The van der Waals surface area contributed by atoms with Crippen LogP contribution in [0.15, 0.2) is 24.3 Å². The average Bonchev–Trinajstić information content (AvgIpc) is 3.14. The first-order valence-electron chi connectivity index (χ1n) is 20.7. The fraction of sp³-hybridized carbons (Fsp3) is 0.878. The SMILES string of the molecule is C=C(CCCCCCCCC)C(O)CCC=CC(O)C(COC1OC(CO)C(O)C(O)C1O)NC(=O)C(O)CCCCCCCCCCCCCC. The number of amides is 1. The fourth-order valence-corrected chi connectivity index (χ4v) is 6.52. The maximum Gasteiger partial charge on any atom is 0.249 e. The Kier molecular flexibility index (Phi) is 28.9. The molecule has 1 aliphatic rings. The van der Waals surface area contributed by atoms with Crippen molar-refractivity contribution in [3.63, 3.8) is 0 Å². The van der Waals surface area contributed by atoms with Gasteiger partial charge in [-0.2, -0.15) is 0 Å². The van der Waals surface area contributed by atoms with Crippen LogP contribution in [0.2, 0.25) is 0 Å². The number of rotatable bonds is 33. The molecule has 1 rings (SSSR count). The number of aliphatic hydroxyl groups excluding tert-OH is 7. The van der Waals surface area contributed by atoms with E-state index in [-0.39, 0.29) is 13.0 Å². The predicted molar refractivity (Wildman–Crippen MR) is 205 cm³/mol. The van der Waals surface area contributed by atoms with Crippen molar-refractivity contribution in [2.24, 2.45) is 0 Å². The van der Waals surface area contributed by atoms with Crippen LogP contribution in [0.5, 0.6) is 0 Å². The monoisotopic (exact) mass is 744 g/mol. The Morgan fingerprint density at radius 1 is 0.731 bits per heavy atom. The molecule has 52 heavy (non-hydrogen) atoms. The summed E-state index contributed by atoms with van der Waals surface area (Å²) in [7, 11) is 0. The minimum absolute atomic E-state index is 0.274. The van der Waals surface area contributed by atoms with E-state index in [1.165, 1.54) is 89.5 Å². The lowest BCUT2D eigenvalue weighted by Crippen LogP contribution is -2.60. The number of aliphatic hydroxyl groups is 7. The molecule has 0 aromatic heterocycles. The highest BCUT2D eigenvalue weighted by Gasteiger charge is 2.44. The van der Waals surface area contributed by atoms with Crippen LogP contribution in [-0.2, 0) is 14.3 Å². The van der Waals surface area contributed by atoms with Crippen molar-refractivity contribution in [2.75, 3.05) is 13.2 Å². The summed E-state index contributed by atoms with van der Waals surface area (Å²) >= 11 is 0. The van der Waals surface area contributed by atoms with Gasteiger partial charge in [0.1, 0.15) is 30.5 Å². The van der Waals surface area contributed by atoms with E-state index in [4.69, 9.17) is 9.47 Å². The van der Waals surface area contributed by atoms with Crippen LogP contribution < -0.4 is 5.32 Å². The van der Waals surface area contributed by atoms with Crippen LogP contribution in [0.25, 0.3) is 0 Å². The zero-order valence-corrected chi connectivity index (χ0v) is 32.6. The van der Waals surface area contributed by atoms with Crippen LogP contribution in [0, 0.1) is 0 Å². The van der Waals surface area contributed by atoms with Gasteiger partial charge in [-0.3, -0.25) is 4.79 Å². The maximum absolute atomic E-state index is 13.0. The smallest absolute Gasteiger partial charge is 0.249 e. The van der Waals surface area contributed by atoms with Crippen LogP contribution in [0.1, 0.15) is 162 Å². The molecule has 11 nitrogen and oxygen atoms in total. The molecule has 0 bridgehead atoms. The number of allylic oxidation sites excluding steroid dienone is 1. The van der Waals surface area contributed by atoms with Gasteiger partial charge in [0, 0.05) is 0 Å². The number of ether oxygens (including phenoxy) is 2. The number of unbranched alkanes of at least 4 members (excludes halogenated alkanes) is 17. The molecule has 1 heterocycles. The molecule has 9 atom stereocenters. The Hall–Kier alpha value is -1.41. The summed E-state index contributed by atoms with van der Waals surface area (Å²) in [6.07, 6.45) is 16.8. The Morgan fingerprint density at radius 3 is 1.79 bits per heavy atom. The van der Waals surface area contributed by atoms with E-state index in [2.05, 4.69) is 25.7 Å². The zero-order chi connectivity index (χ0) is 38.6. The van der Waals surface area contributed by atoms with E-state index in [1.807, 2.05) is 0 Å². The van der Waals surface area contributed by atoms with E-state index < -0.39 is 67.6 Å². The molecule has 0 aromatic rings. The van der Waals surface area contributed by atoms with Crippen LogP contribution in [-0.4, -0.2) is 110 Å². The zero-order valence-electron chi connectivity index (χ0n) is 32.6. The van der Waals surface area contributed by atoms with E-state index in [9.17, 15) is 40.5 Å². The van der Waals surface area contributed by atoms with E-state index in [1.54, 1.807) is 6.08 Å². The highest BCUT2D eigenvalue weighted by molar-refractivity contribution is 5.80. The average molecular weight is 744 g/mol. The molecular formula is C41H77NO10. The van der Waals surface area contributed by atoms with Gasteiger partial charge in [0.25, 0.3) is 0 Å². The minimum Gasteiger partial charge on any atom is -0.394 e. The molecule has 0 aliphatic carbocycles. The van der Waals surface area contributed by atoms with Crippen molar-refractivity contribution in [1.82, 2.24) is 5.32 Å². The Labute approximate surface area is 314 Å². The number of carbonyl (C=O) groups is 1. The van der Waals surface area contributed by atoms with Crippen molar-refractivity contribution in [2.45, 2.75) is 217 Å². The van der Waals surface area contributed by atoms with Gasteiger partial charge in [-0.05, 0) is 37.7 Å². The molecule has 0 aromatic carbocycles. The quantitative estimate of drug-likeness (QED) is 0.0315. The summed E-state index contributed by atoms with van der Waals surface area (Å²) in [5, 5.41) is 75.0. The molecule has 8 N–H and O–H groups in total. The first-order chi connectivity index (χ1) is 25.1. The fourth-order valence-electron chi connectivity index (χ4n) is 6.52. The van der Waals surface area contributed by atoms with Gasteiger partial charge in [0.2, 0.25) is 5.91 Å². The number of hydrogen-bond acceptors (Lipinski definition) is 10. The summed E-state index contributed by atoms with van der Waals surface area (Å²) in [6, 6.07) is -1.06. The molecule has 306 valence electrons. The maximum atomic E-state index is 13.0. The summed E-state index contributed by atoms with van der Waals surface area (Å²) in [4.78, 5) is 13.0. The number of carbonyl (C=O) groups excluding carboxylic acids is 1. The lowest BCUT2D eigenvalue weighted by Gasteiger charge is -2.40. The molecule has 1 saturated heterocycles. The van der Waals surface area contributed by atoms with Crippen molar-refractivity contribution < 1.29 is 50.0 Å². The summed E-state index contributed by atoms with van der Waals surface area (Å²) in [5.41, 5.74) is 0.794. The third-order valence-corrected chi connectivity index (χ3v) is 10.2. The van der Waals surface area contributed by atoms with E-state index in [0.29, 0.717) is 19.3 Å². The van der Waals surface area contributed by atoms with Gasteiger partial charge in [0.05, 0.1) is 31.5 Å². The van der Waals surface area contributed by atoms with E-state index in [0.717, 1.165) is 44.1 Å². The second-order valence-corrected chi connectivity index (χ2v) is 14.9. The molecule has 11 heteroatoms. The molecule has 1 amide bonds. The highest BCUT2D eigenvalue weighted by atomic mass is 16.7. The highest BCUT2D eigenvalue weighted by Crippen LogP contribution is 2.23. The number of hydrogen-bond donors (Lipinski definition) is 8. The molecule has 0 radical (unpaired) electrons. The third kappa shape index (κ3) is 21.5. The van der Waals surface area contributed by atoms with Gasteiger partial charge in [-0.15, -0.1) is 0 Å². The van der Waals surface area contributed by atoms with Gasteiger partial charge in [-0.25, -0.2) is 0 Å². The second kappa shape index (κ2) is 30.9. The first kappa shape index (κ1) is 48.6. The lowest BCUT2D eigenvalue weighted by atomic mass is 9.99. The van der Waals surface area contributed by atoms with Crippen molar-refractivity contribution in [3.05, 3.63) is 24.3 Å². The topological polar surface area (TPSA) is 189 Å². The summed E-state index contributed by atoms with van der Waals surface area (Å²) in [6.45, 7) is 7.48. The van der Waals surface area contributed by atoms with Crippen LogP contribution in [0.4, 0.5) is 0 Å². The molecular weight excluding hydrogens is 666 g/mol. The van der Waals surface area contributed by atoms with Crippen LogP contribution in [0.3, 0.4) is 0 Å². The standard InChI is InChI=1S/C41H77NO10/c1-4-6-8-10-12-13-14-15-16-18-20-22-28-35(46)40(50)42-32(30-51-41-39(49)38(48)37(47)36(29-43)52-41)34(45)27-24-23-26-33(44)31(3)25-21-19-17-11-9-7-5-2/h24,27,32-39,41,43-49H,3-23,25-26,28-30H2,1-2H3,(H,42,50). The molecule has 1 aliphatic heterocycles. The second-order valence-electron chi connectivity index (χ2n) is 14.9. The van der Waals surface area contributed by atoms with Crippen molar-refractivity contribution in [3.8, 4) is 0 Å². The van der Waals surface area contributed by atoms with Crippen molar-refractivity contribution >= 4 is 5.91 Å². The van der Waals surface area contributed by atoms with Gasteiger partial charge >= 0.3 is 0 Å². The Bertz CT molecular complexity index is 918. The largest absolute Gasteiger partial charge is 0.394 e. The predicted octanol–water partition coefficient (Wildman–Crippen LogP) is 5.49. The summed E-state index contributed by atoms with van der Waals surface area (Å²) < 4.78 is 11.1. The lowest BCUT2D eigenvalue weighted by molar-refractivity contribution is -0.302. The van der Waals surface area contributed by atoms with Gasteiger partial charge in [-0.1, -0.05) is 148 Å². The van der Waals surface area contributed by atoms with Gasteiger partial charge in [0.15, 0.2) is 6.29 Å². The normalized spacial score (nSPS) is 23.1. The Balaban J connectivity index is 2.61. The summed E-state index contributed by atoms with van der Waals surface area (Å²) in [5.74, 6) is -0.671. The van der Waals surface area contributed by atoms with Crippen LogP contribution >= 0.6 is 0 Å². The van der Waals surface area contributed by atoms with Gasteiger partial charge < -0.3 is 50.5 Å². The Morgan fingerprint density at radius 2 is 1.25 bits per heavy atom. The first-order valence-corrected chi connectivity index (χ1v) is 20.7. The minimum atomic E-state index is -1.64. The molecule has 0 spiro atoms. The number of nitrogens with one attached hydrogen (secondary N) is 1. The van der Waals surface area contributed by atoms with Crippen molar-refractivity contribution in [1.29, 1.82) is 0 Å². The van der Waals surface area contributed by atoms with E-state index >= 15 is 0 Å². The molecule has 0 saturated carbocycles. The molecule has 1 fully saturated rings. The molecule has 9 unspecified atom stereocenters. The third-order valence-electron chi connectivity index (χ3n) is 10.2.